The Morgan fingerprint density at radius 3 is 2.28 bits per heavy atom. The van der Waals surface area contributed by atoms with Crippen molar-refractivity contribution in [2.45, 2.75) is 32.9 Å². The van der Waals surface area contributed by atoms with E-state index in [4.69, 9.17) is 9.47 Å². The van der Waals surface area contributed by atoms with Crippen LogP contribution in [0.15, 0.2) is 23.2 Å². The molecule has 0 aliphatic heterocycles. The van der Waals surface area contributed by atoms with Crippen molar-refractivity contribution in [2.24, 2.45) is 4.99 Å². The van der Waals surface area contributed by atoms with Gasteiger partial charge < -0.3 is 25.4 Å². The van der Waals surface area contributed by atoms with Gasteiger partial charge in [-0.2, -0.15) is 0 Å². The second-order valence-corrected chi connectivity index (χ2v) is 6.27. The van der Waals surface area contributed by atoms with Crippen molar-refractivity contribution in [1.82, 2.24) is 16.0 Å². The van der Waals surface area contributed by atoms with E-state index in [1.54, 1.807) is 21.3 Å². The summed E-state index contributed by atoms with van der Waals surface area (Å²) in [6, 6.07) is 5.68. The molecule has 0 unspecified atom stereocenters. The molecule has 3 N–H and O–H groups in total. The molecule has 1 rings (SSSR count). The summed E-state index contributed by atoms with van der Waals surface area (Å²) in [6.07, 6.45) is 0. The molecule has 0 aromatic heterocycles. The van der Waals surface area contributed by atoms with Crippen molar-refractivity contribution < 1.29 is 14.3 Å². The molecule has 1 aromatic rings. The summed E-state index contributed by atoms with van der Waals surface area (Å²) in [5.74, 6) is 1.82. The van der Waals surface area contributed by atoms with Gasteiger partial charge in [-0.15, -0.1) is 24.0 Å². The number of halogens is 1. The van der Waals surface area contributed by atoms with Crippen molar-refractivity contribution in [3.05, 3.63) is 23.8 Å². The minimum Gasteiger partial charge on any atom is -0.493 e. The van der Waals surface area contributed by atoms with E-state index >= 15 is 0 Å². The topological polar surface area (TPSA) is 84.0 Å². The summed E-state index contributed by atoms with van der Waals surface area (Å²) in [6.45, 7) is 6.52. The number of carbonyl (C=O) groups is 1. The third kappa shape index (κ3) is 8.80. The number of aliphatic imine (C=N–C) groups is 1. The van der Waals surface area contributed by atoms with E-state index in [9.17, 15) is 4.79 Å². The van der Waals surface area contributed by atoms with E-state index in [1.807, 2.05) is 39.0 Å². The summed E-state index contributed by atoms with van der Waals surface area (Å²) in [7, 11) is 4.86. The lowest BCUT2D eigenvalue weighted by molar-refractivity contribution is -0.121. The molecule has 0 saturated carbocycles. The summed E-state index contributed by atoms with van der Waals surface area (Å²) in [4.78, 5) is 15.9. The van der Waals surface area contributed by atoms with Crippen LogP contribution in [0.25, 0.3) is 0 Å². The van der Waals surface area contributed by atoms with Crippen LogP contribution in [0, 0.1) is 0 Å². The van der Waals surface area contributed by atoms with Crippen LogP contribution >= 0.6 is 24.0 Å². The maximum absolute atomic E-state index is 11.8. The van der Waals surface area contributed by atoms with E-state index in [2.05, 4.69) is 20.9 Å². The zero-order chi connectivity index (χ0) is 18.2. The molecule has 1 amide bonds. The predicted molar refractivity (Wildman–Crippen MR) is 111 cm³/mol. The number of carbonyl (C=O) groups excluding carboxylic acids is 1. The van der Waals surface area contributed by atoms with Crippen LogP contribution in [0.5, 0.6) is 11.5 Å². The lowest BCUT2D eigenvalue weighted by Gasteiger charge is -2.21. The van der Waals surface area contributed by atoms with E-state index in [0.717, 1.165) is 5.56 Å². The minimum atomic E-state index is -0.255. The van der Waals surface area contributed by atoms with Crippen LogP contribution in [-0.2, 0) is 11.3 Å². The molecule has 0 bridgehead atoms. The number of guanidine groups is 1. The first-order valence-electron chi connectivity index (χ1n) is 7.75. The van der Waals surface area contributed by atoms with Crippen molar-refractivity contribution in [3.63, 3.8) is 0 Å². The Hall–Kier alpha value is -1.71. The van der Waals surface area contributed by atoms with Gasteiger partial charge in [0, 0.05) is 19.1 Å². The third-order valence-electron chi connectivity index (χ3n) is 3.06. The minimum absolute atomic E-state index is 0. The second kappa shape index (κ2) is 11.0. The van der Waals surface area contributed by atoms with E-state index < -0.39 is 0 Å². The molecule has 142 valence electrons. The molecule has 0 saturated heterocycles. The van der Waals surface area contributed by atoms with Gasteiger partial charge in [0.25, 0.3) is 0 Å². The molecule has 1 aromatic carbocycles. The molecule has 0 aliphatic rings. The molecule has 0 fully saturated rings. The second-order valence-electron chi connectivity index (χ2n) is 6.27. The fraction of sp³-hybridized carbons (Fsp3) is 0.529. The van der Waals surface area contributed by atoms with Crippen molar-refractivity contribution in [1.29, 1.82) is 0 Å². The molecule has 25 heavy (non-hydrogen) atoms. The Bertz CT molecular complexity index is 586. The number of methoxy groups -OCH3 is 2. The predicted octanol–water partition coefficient (Wildman–Crippen LogP) is 1.90. The Labute approximate surface area is 167 Å². The summed E-state index contributed by atoms with van der Waals surface area (Å²) < 4.78 is 10.5. The first-order chi connectivity index (χ1) is 11.3. The quantitative estimate of drug-likeness (QED) is 0.341. The lowest BCUT2D eigenvalue weighted by Crippen LogP contribution is -2.48. The fourth-order valence-corrected chi connectivity index (χ4v) is 2.02. The highest BCUT2D eigenvalue weighted by Gasteiger charge is 2.13. The maximum atomic E-state index is 11.8. The maximum Gasteiger partial charge on any atom is 0.239 e. The van der Waals surface area contributed by atoms with Crippen molar-refractivity contribution >= 4 is 35.8 Å². The number of ether oxygens (including phenoxy) is 2. The molecule has 0 atom stereocenters. The van der Waals surface area contributed by atoms with Gasteiger partial charge in [-0.1, -0.05) is 6.07 Å². The summed E-state index contributed by atoms with van der Waals surface area (Å²) in [5.41, 5.74) is 0.754. The molecule has 8 heteroatoms. The molecule has 7 nitrogen and oxygen atoms in total. The normalized spacial score (nSPS) is 11.2. The van der Waals surface area contributed by atoms with Gasteiger partial charge in [0.05, 0.1) is 20.8 Å². The van der Waals surface area contributed by atoms with Crippen LogP contribution in [0.4, 0.5) is 0 Å². The highest BCUT2D eigenvalue weighted by atomic mass is 127. The van der Waals surface area contributed by atoms with Gasteiger partial charge in [-0.05, 0) is 38.5 Å². The largest absolute Gasteiger partial charge is 0.493 e. The number of amides is 1. The smallest absolute Gasteiger partial charge is 0.239 e. The summed E-state index contributed by atoms with van der Waals surface area (Å²) in [5, 5.41) is 9.02. The van der Waals surface area contributed by atoms with Gasteiger partial charge in [-0.3, -0.25) is 9.79 Å². The fourth-order valence-electron chi connectivity index (χ4n) is 2.02. The molecule has 0 spiro atoms. The highest BCUT2D eigenvalue weighted by molar-refractivity contribution is 14.0. The average molecular weight is 464 g/mol. The van der Waals surface area contributed by atoms with Gasteiger partial charge in [0.1, 0.15) is 0 Å². The van der Waals surface area contributed by atoms with Gasteiger partial charge in [0.15, 0.2) is 17.5 Å². The lowest BCUT2D eigenvalue weighted by atomic mass is 10.1. The Balaban J connectivity index is 0.00000576. The molecular formula is C17H29IN4O3. The van der Waals surface area contributed by atoms with Crippen LogP contribution in [0.3, 0.4) is 0 Å². The Morgan fingerprint density at radius 1 is 1.12 bits per heavy atom. The van der Waals surface area contributed by atoms with Gasteiger partial charge >= 0.3 is 0 Å². The van der Waals surface area contributed by atoms with Crippen molar-refractivity contribution in [3.8, 4) is 11.5 Å². The molecule has 0 radical (unpaired) electrons. The Kier molecular flexibility index (Phi) is 10.3. The van der Waals surface area contributed by atoms with E-state index in [-0.39, 0.29) is 42.0 Å². The number of hydrogen-bond acceptors (Lipinski definition) is 4. The molecule has 0 aliphatic carbocycles. The first-order valence-corrected chi connectivity index (χ1v) is 7.75. The average Bonchev–Trinajstić information content (AvgIpc) is 2.53. The number of hydrogen-bond donors (Lipinski definition) is 3. The Morgan fingerprint density at radius 2 is 1.76 bits per heavy atom. The van der Waals surface area contributed by atoms with Crippen LogP contribution in [0.2, 0.25) is 0 Å². The van der Waals surface area contributed by atoms with Crippen LogP contribution in [0.1, 0.15) is 26.3 Å². The number of rotatable bonds is 6. The standard InChI is InChI=1S/C17H28N4O3.HI/c1-17(2,3)21-15(22)11-20-16(18-4)19-10-12-7-8-13(23-5)14(9-12)24-6;/h7-9H,10-11H2,1-6H3,(H,21,22)(H2,18,19,20);1H. The number of nitrogens with one attached hydrogen (secondary N) is 3. The monoisotopic (exact) mass is 464 g/mol. The zero-order valence-corrected chi connectivity index (χ0v) is 18.1. The zero-order valence-electron chi connectivity index (χ0n) is 15.7. The van der Waals surface area contributed by atoms with Gasteiger partial charge in [-0.25, -0.2) is 0 Å². The molecule has 0 heterocycles. The number of benzene rings is 1. The number of nitrogens with zero attached hydrogens (tertiary/aromatic N) is 1. The summed E-state index contributed by atoms with van der Waals surface area (Å²) >= 11 is 0. The molecular weight excluding hydrogens is 435 g/mol. The van der Waals surface area contributed by atoms with E-state index in [1.165, 1.54) is 0 Å². The van der Waals surface area contributed by atoms with Crippen molar-refractivity contribution in [2.75, 3.05) is 27.8 Å². The van der Waals surface area contributed by atoms with E-state index in [0.29, 0.717) is 24.0 Å². The highest BCUT2D eigenvalue weighted by Crippen LogP contribution is 2.27. The third-order valence-corrected chi connectivity index (χ3v) is 3.06. The first kappa shape index (κ1) is 23.3. The SMILES string of the molecule is CN=C(NCC(=O)NC(C)(C)C)NCc1ccc(OC)c(OC)c1.I. The van der Waals surface area contributed by atoms with Crippen LogP contribution < -0.4 is 25.4 Å². The van der Waals surface area contributed by atoms with Gasteiger partial charge in [0.2, 0.25) is 5.91 Å². The van der Waals surface area contributed by atoms with Crippen LogP contribution in [-0.4, -0.2) is 45.2 Å².